The van der Waals surface area contributed by atoms with Gasteiger partial charge in [0.15, 0.2) is 5.96 Å². The van der Waals surface area contributed by atoms with Gasteiger partial charge in [-0.3, -0.25) is 0 Å². The van der Waals surface area contributed by atoms with E-state index in [0.29, 0.717) is 6.54 Å². The van der Waals surface area contributed by atoms with Crippen molar-refractivity contribution < 1.29 is 4.39 Å². The monoisotopic (exact) mass is 294 g/mol. The third-order valence-electron chi connectivity index (χ3n) is 3.58. The Balaban J connectivity index is 2.63. The largest absolute Gasteiger partial charge is 0.357 e. The summed E-state index contributed by atoms with van der Waals surface area (Å²) in [7, 11) is 4.12. The number of hydrogen-bond donors (Lipinski definition) is 2. The van der Waals surface area contributed by atoms with Gasteiger partial charge in [-0.1, -0.05) is 12.1 Å². The Hall–Kier alpha value is -1.62. The number of nitrogens with zero attached hydrogens (tertiary/aromatic N) is 2. The summed E-state index contributed by atoms with van der Waals surface area (Å²) < 4.78 is 12.9. The lowest BCUT2D eigenvalue weighted by Gasteiger charge is -2.33. The maximum Gasteiger partial charge on any atom is 0.191 e. The Kier molecular flexibility index (Phi) is 6.62. The Bertz CT molecular complexity index is 452. The van der Waals surface area contributed by atoms with Crippen LogP contribution in [0.15, 0.2) is 29.3 Å². The highest BCUT2D eigenvalue weighted by atomic mass is 19.1. The number of rotatable bonds is 6. The van der Waals surface area contributed by atoms with Crippen molar-refractivity contribution in [3.05, 3.63) is 35.6 Å². The Morgan fingerprint density at radius 2 is 1.81 bits per heavy atom. The molecule has 0 aromatic heterocycles. The number of nitrogens with one attached hydrogen (secondary N) is 2. The van der Waals surface area contributed by atoms with Crippen LogP contribution in [0.1, 0.15) is 26.3 Å². The summed E-state index contributed by atoms with van der Waals surface area (Å²) in [5, 5.41) is 6.57. The summed E-state index contributed by atoms with van der Waals surface area (Å²) in [6.07, 6.45) is 0. The molecule has 1 rings (SSSR count). The molecule has 0 amide bonds. The molecule has 0 aliphatic rings. The van der Waals surface area contributed by atoms with Gasteiger partial charge >= 0.3 is 0 Å². The number of aliphatic imine (C=N–C) groups is 1. The van der Waals surface area contributed by atoms with Crippen molar-refractivity contribution in [1.29, 1.82) is 0 Å². The van der Waals surface area contributed by atoms with Crippen molar-refractivity contribution in [1.82, 2.24) is 15.5 Å². The normalized spacial score (nSPS) is 12.6. The topological polar surface area (TPSA) is 39.7 Å². The van der Waals surface area contributed by atoms with E-state index in [1.165, 1.54) is 12.1 Å². The summed E-state index contributed by atoms with van der Waals surface area (Å²) in [5.74, 6) is 0.553. The average molecular weight is 294 g/mol. The van der Waals surface area contributed by atoms with E-state index in [-0.39, 0.29) is 11.4 Å². The summed E-state index contributed by atoms with van der Waals surface area (Å²) >= 11 is 0. The Labute approximate surface area is 127 Å². The summed E-state index contributed by atoms with van der Waals surface area (Å²) in [6, 6.07) is 6.43. The van der Waals surface area contributed by atoms with Gasteiger partial charge < -0.3 is 15.5 Å². The lowest BCUT2D eigenvalue weighted by Crippen LogP contribution is -2.50. The summed E-state index contributed by atoms with van der Waals surface area (Å²) in [6.45, 7) is 8.49. The summed E-state index contributed by atoms with van der Waals surface area (Å²) in [5.41, 5.74) is 1.02. The highest BCUT2D eigenvalue weighted by Gasteiger charge is 2.20. The van der Waals surface area contributed by atoms with E-state index >= 15 is 0 Å². The molecule has 0 unspecified atom stereocenters. The zero-order valence-corrected chi connectivity index (χ0v) is 13.7. The van der Waals surface area contributed by atoms with E-state index in [4.69, 9.17) is 0 Å². The molecule has 1 aromatic rings. The molecule has 0 aliphatic carbocycles. The van der Waals surface area contributed by atoms with Gasteiger partial charge in [0.25, 0.3) is 0 Å². The molecule has 0 atom stereocenters. The first-order valence-electron chi connectivity index (χ1n) is 7.29. The minimum absolute atomic E-state index is 0.0338. The zero-order chi connectivity index (χ0) is 15.9. The lowest BCUT2D eigenvalue weighted by atomic mass is 10.0. The van der Waals surface area contributed by atoms with Gasteiger partial charge in [0.1, 0.15) is 5.82 Å². The van der Waals surface area contributed by atoms with Crippen LogP contribution >= 0.6 is 0 Å². The fourth-order valence-electron chi connectivity index (χ4n) is 1.56. The van der Waals surface area contributed by atoms with E-state index in [1.807, 2.05) is 6.92 Å². The second-order valence-electron chi connectivity index (χ2n) is 5.88. The van der Waals surface area contributed by atoms with E-state index in [2.05, 4.69) is 48.5 Å². The van der Waals surface area contributed by atoms with Crippen LogP contribution in [0.4, 0.5) is 4.39 Å². The smallest absolute Gasteiger partial charge is 0.191 e. The fourth-order valence-corrected chi connectivity index (χ4v) is 1.56. The van der Waals surface area contributed by atoms with Crippen LogP contribution in [0.2, 0.25) is 0 Å². The highest BCUT2D eigenvalue weighted by Crippen LogP contribution is 2.08. The number of likely N-dealkylation sites (N-methyl/N-ethyl adjacent to an activating group) is 1. The van der Waals surface area contributed by atoms with Crippen LogP contribution in [0, 0.1) is 5.82 Å². The molecular formula is C16H27FN4. The number of benzene rings is 1. The maximum absolute atomic E-state index is 12.9. The quantitative estimate of drug-likeness (QED) is 0.624. The first kappa shape index (κ1) is 17.4. The third-order valence-corrected chi connectivity index (χ3v) is 3.58. The van der Waals surface area contributed by atoms with E-state index in [9.17, 15) is 4.39 Å². The van der Waals surface area contributed by atoms with Gasteiger partial charge in [-0.05, 0) is 52.6 Å². The van der Waals surface area contributed by atoms with Crippen molar-refractivity contribution in [2.24, 2.45) is 4.99 Å². The van der Waals surface area contributed by atoms with Gasteiger partial charge in [-0.15, -0.1) is 0 Å². The number of guanidine groups is 1. The number of halogens is 1. The standard InChI is InChI=1S/C16H27FN4/c1-6-18-15(20-12-16(2,3)21(4)5)19-11-13-7-9-14(17)10-8-13/h7-10H,6,11-12H2,1-5H3,(H2,18,19,20). The maximum atomic E-state index is 12.9. The molecule has 4 nitrogen and oxygen atoms in total. The molecule has 0 heterocycles. The zero-order valence-electron chi connectivity index (χ0n) is 13.7. The second kappa shape index (κ2) is 7.98. The second-order valence-corrected chi connectivity index (χ2v) is 5.88. The molecule has 1 aromatic carbocycles. The molecule has 0 spiro atoms. The molecule has 118 valence electrons. The molecular weight excluding hydrogens is 267 g/mol. The van der Waals surface area contributed by atoms with Crippen molar-refractivity contribution in [3.63, 3.8) is 0 Å². The van der Waals surface area contributed by atoms with Crippen LogP contribution in [-0.2, 0) is 6.54 Å². The molecule has 21 heavy (non-hydrogen) atoms. The van der Waals surface area contributed by atoms with E-state index in [1.54, 1.807) is 12.1 Å². The van der Waals surface area contributed by atoms with Gasteiger partial charge in [0.2, 0.25) is 0 Å². The minimum Gasteiger partial charge on any atom is -0.357 e. The van der Waals surface area contributed by atoms with Gasteiger partial charge in [0, 0.05) is 18.6 Å². The first-order chi connectivity index (χ1) is 9.85. The predicted molar refractivity (Wildman–Crippen MR) is 87.0 cm³/mol. The molecule has 0 bridgehead atoms. The molecule has 0 aliphatic heterocycles. The predicted octanol–water partition coefficient (Wildman–Crippen LogP) is 2.22. The molecule has 0 saturated heterocycles. The minimum atomic E-state index is -0.222. The Morgan fingerprint density at radius 3 is 2.33 bits per heavy atom. The van der Waals surface area contributed by atoms with Crippen LogP contribution in [-0.4, -0.2) is 43.6 Å². The molecule has 2 N–H and O–H groups in total. The third kappa shape index (κ3) is 6.12. The van der Waals surface area contributed by atoms with Gasteiger partial charge in [0.05, 0.1) is 6.54 Å². The molecule has 0 radical (unpaired) electrons. The fraction of sp³-hybridized carbons (Fsp3) is 0.562. The van der Waals surface area contributed by atoms with Crippen LogP contribution in [0.5, 0.6) is 0 Å². The molecule has 0 saturated carbocycles. The van der Waals surface area contributed by atoms with E-state index in [0.717, 1.165) is 24.6 Å². The number of hydrogen-bond acceptors (Lipinski definition) is 2. The van der Waals surface area contributed by atoms with Crippen molar-refractivity contribution >= 4 is 5.96 Å². The molecule has 5 heteroatoms. The highest BCUT2D eigenvalue weighted by molar-refractivity contribution is 5.79. The van der Waals surface area contributed by atoms with Crippen LogP contribution < -0.4 is 10.6 Å². The Morgan fingerprint density at radius 1 is 1.19 bits per heavy atom. The van der Waals surface area contributed by atoms with E-state index < -0.39 is 0 Å². The average Bonchev–Trinajstić information content (AvgIpc) is 2.43. The van der Waals surface area contributed by atoms with Gasteiger partial charge in [-0.25, -0.2) is 9.38 Å². The van der Waals surface area contributed by atoms with Crippen molar-refractivity contribution in [3.8, 4) is 0 Å². The molecule has 0 fully saturated rings. The SMILES string of the molecule is CCNC(=NCc1ccc(F)cc1)NCC(C)(C)N(C)C. The van der Waals surface area contributed by atoms with Gasteiger partial charge in [-0.2, -0.15) is 0 Å². The summed E-state index contributed by atoms with van der Waals surface area (Å²) in [4.78, 5) is 6.70. The van der Waals surface area contributed by atoms with Crippen molar-refractivity contribution in [2.75, 3.05) is 27.2 Å². The van der Waals surface area contributed by atoms with Crippen LogP contribution in [0.25, 0.3) is 0 Å². The first-order valence-corrected chi connectivity index (χ1v) is 7.29. The van der Waals surface area contributed by atoms with Crippen molar-refractivity contribution in [2.45, 2.75) is 32.9 Å². The van der Waals surface area contributed by atoms with Crippen LogP contribution in [0.3, 0.4) is 0 Å². The lowest BCUT2D eigenvalue weighted by molar-refractivity contribution is 0.197.